The van der Waals surface area contributed by atoms with E-state index in [-0.39, 0.29) is 0 Å². The van der Waals surface area contributed by atoms with Crippen molar-refractivity contribution < 1.29 is 9.47 Å². The van der Waals surface area contributed by atoms with Crippen molar-refractivity contribution in [3.8, 4) is 5.75 Å². The summed E-state index contributed by atoms with van der Waals surface area (Å²) in [7, 11) is 1.64. The van der Waals surface area contributed by atoms with Gasteiger partial charge in [-0.05, 0) is 42.8 Å². The number of fused-ring (bicyclic) bond motifs is 3. The zero-order valence-electron chi connectivity index (χ0n) is 18.6. The van der Waals surface area contributed by atoms with Crippen molar-refractivity contribution in [1.29, 1.82) is 0 Å². The average Bonchev–Trinajstić information content (AvgIpc) is 3.17. The lowest BCUT2D eigenvalue weighted by Gasteiger charge is -2.27. The third kappa shape index (κ3) is 4.08. The van der Waals surface area contributed by atoms with Crippen LogP contribution in [0.4, 0.5) is 0 Å². The highest BCUT2D eigenvalue weighted by Gasteiger charge is 2.15. The van der Waals surface area contributed by atoms with E-state index < -0.39 is 11.2 Å². The number of nitrogens with one attached hydrogen (secondary N) is 2. The molecule has 2 aromatic carbocycles. The number of aromatic nitrogens is 3. The molecule has 170 valence electrons. The van der Waals surface area contributed by atoms with Crippen molar-refractivity contribution >= 4 is 28.2 Å². The standard InChI is InChI=1S/C24H25N5O4/c1-15-3-5-19-18(11-15)21-22(26-19)23(30)29(24(31)27-21)25-13-16-4-6-20(32-2)17(12-16)14-28-7-9-33-10-8-28/h3-6,11-13,26H,7-10,14H2,1-2H3,(H,27,31)/b25-13+. The van der Waals surface area contributed by atoms with Crippen LogP contribution in [-0.2, 0) is 11.3 Å². The zero-order chi connectivity index (χ0) is 22.9. The van der Waals surface area contributed by atoms with E-state index in [1.54, 1.807) is 7.11 Å². The number of rotatable bonds is 5. The maximum atomic E-state index is 13.0. The molecule has 0 radical (unpaired) electrons. The molecule has 2 N–H and O–H groups in total. The summed E-state index contributed by atoms with van der Waals surface area (Å²) in [6, 6.07) is 11.4. The summed E-state index contributed by atoms with van der Waals surface area (Å²) in [6.07, 6.45) is 1.51. The number of methoxy groups -OCH3 is 1. The van der Waals surface area contributed by atoms with Crippen LogP contribution in [0.1, 0.15) is 16.7 Å². The molecule has 5 rings (SSSR count). The smallest absolute Gasteiger partial charge is 0.350 e. The second-order valence-corrected chi connectivity index (χ2v) is 8.18. The first kappa shape index (κ1) is 21.2. The summed E-state index contributed by atoms with van der Waals surface area (Å²) >= 11 is 0. The number of aryl methyl sites for hydroxylation is 1. The van der Waals surface area contributed by atoms with Crippen LogP contribution in [0.15, 0.2) is 51.1 Å². The van der Waals surface area contributed by atoms with E-state index >= 15 is 0 Å². The number of H-pyrrole nitrogens is 2. The van der Waals surface area contributed by atoms with Crippen molar-refractivity contribution in [2.45, 2.75) is 13.5 Å². The Bertz CT molecular complexity index is 1470. The molecule has 2 aromatic heterocycles. The molecule has 9 nitrogen and oxygen atoms in total. The molecule has 0 spiro atoms. The van der Waals surface area contributed by atoms with Crippen LogP contribution in [0.25, 0.3) is 21.9 Å². The minimum absolute atomic E-state index is 0.315. The summed E-state index contributed by atoms with van der Waals surface area (Å²) in [4.78, 5) is 33.9. The summed E-state index contributed by atoms with van der Waals surface area (Å²) in [6.45, 7) is 5.82. The number of benzene rings is 2. The van der Waals surface area contributed by atoms with Gasteiger partial charge < -0.3 is 19.4 Å². The minimum Gasteiger partial charge on any atom is -0.496 e. The summed E-state index contributed by atoms with van der Waals surface area (Å²) in [5, 5.41) is 5.00. The SMILES string of the molecule is COc1ccc(/C=N/n2c(=O)[nH]c3c([nH]c4ccc(C)cc43)c2=O)cc1CN1CCOCC1. The Hall–Kier alpha value is -3.69. The largest absolute Gasteiger partial charge is 0.496 e. The third-order valence-electron chi connectivity index (χ3n) is 5.91. The fourth-order valence-corrected chi connectivity index (χ4v) is 4.19. The fourth-order valence-electron chi connectivity index (χ4n) is 4.19. The maximum Gasteiger partial charge on any atom is 0.350 e. The fraction of sp³-hybridized carbons (Fsp3) is 0.292. The van der Waals surface area contributed by atoms with Gasteiger partial charge >= 0.3 is 11.2 Å². The van der Waals surface area contributed by atoms with Gasteiger partial charge in [-0.15, -0.1) is 4.68 Å². The Morgan fingerprint density at radius 3 is 2.70 bits per heavy atom. The second-order valence-electron chi connectivity index (χ2n) is 8.18. The number of aromatic amines is 2. The molecule has 0 bridgehead atoms. The summed E-state index contributed by atoms with van der Waals surface area (Å²) in [5.41, 5.74) is 3.31. The van der Waals surface area contributed by atoms with Crippen molar-refractivity contribution in [2.24, 2.45) is 5.10 Å². The quantitative estimate of drug-likeness (QED) is 0.457. The van der Waals surface area contributed by atoms with Crippen LogP contribution < -0.4 is 16.0 Å². The third-order valence-corrected chi connectivity index (χ3v) is 5.91. The molecule has 0 aliphatic carbocycles. The van der Waals surface area contributed by atoms with Crippen LogP contribution >= 0.6 is 0 Å². The lowest BCUT2D eigenvalue weighted by Crippen LogP contribution is -2.35. The summed E-state index contributed by atoms with van der Waals surface area (Å²) < 4.78 is 11.8. The second kappa shape index (κ2) is 8.68. The Morgan fingerprint density at radius 2 is 1.91 bits per heavy atom. The van der Waals surface area contributed by atoms with E-state index in [0.29, 0.717) is 24.2 Å². The van der Waals surface area contributed by atoms with Gasteiger partial charge in [-0.2, -0.15) is 5.10 Å². The predicted molar refractivity (Wildman–Crippen MR) is 128 cm³/mol. The molecule has 1 fully saturated rings. The molecule has 33 heavy (non-hydrogen) atoms. The number of hydrogen-bond donors (Lipinski definition) is 2. The van der Waals surface area contributed by atoms with E-state index in [1.807, 2.05) is 43.3 Å². The summed E-state index contributed by atoms with van der Waals surface area (Å²) in [5.74, 6) is 0.781. The molecular formula is C24H25N5O4. The maximum absolute atomic E-state index is 13.0. The van der Waals surface area contributed by atoms with Gasteiger partial charge in [-0.3, -0.25) is 9.69 Å². The minimum atomic E-state index is -0.590. The molecule has 0 amide bonds. The number of nitrogens with zero attached hydrogens (tertiary/aromatic N) is 3. The van der Waals surface area contributed by atoms with Crippen LogP contribution in [0.5, 0.6) is 5.75 Å². The van der Waals surface area contributed by atoms with Crippen molar-refractivity contribution in [1.82, 2.24) is 19.5 Å². The molecule has 1 aliphatic rings. The Labute approximate surface area is 189 Å². The van der Waals surface area contributed by atoms with E-state index in [9.17, 15) is 9.59 Å². The zero-order valence-corrected chi connectivity index (χ0v) is 18.6. The molecule has 1 saturated heterocycles. The van der Waals surface area contributed by atoms with Crippen molar-refractivity contribution in [3.63, 3.8) is 0 Å². The molecular weight excluding hydrogens is 422 g/mol. The molecule has 1 aliphatic heterocycles. The van der Waals surface area contributed by atoms with E-state index in [1.165, 1.54) is 6.21 Å². The van der Waals surface area contributed by atoms with Crippen molar-refractivity contribution in [2.75, 3.05) is 33.4 Å². The van der Waals surface area contributed by atoms with Gasteiger partial charge in [0.2, 0.25) is 0 Å². The number of morpholine rings is 1. The first-order chi connectivity index (χ1) is 16.0. The van der Waals surface area contributed by atoms with Gasteiger partial charge in [0.05, 0.1) is 32.1 Å². The lowest BCUT2D eigenvalue weighted by atomic mass is 10.1. The normalized spacial score (nSPS) is 15.1. The number of ether oxygens (including phenoxy) is 2. The highest BCUT2D eigenvalue weighted by molar-refractivity contribution is 6.04. The molecule has 4 aromatic rings. The highest BCUT2D eigenvalue weighted by Crippen LogP contribution is 2.23. The molecule has 0 saturated carbocycles. The first-order valence-corrected chi connectivity index (χ1v) is 10.8. The molecule has 0 atom stereocenters. The molecule has 9 heteroatoms. The van der Waals surface area contributed by atoms with Gasteiger partial charge in [0, 0.05) is 36.1 Å². The average molecular weight is 447 g/mol. The first-order valence-electron chi connectivity index (χ1n) is 10.8. The molecule has 0 unspecified atom stereocenters. The lowest BCUT2D eigenvalue weighted by molar-refractivity contribution is 0.0339. The highest BCUT2D eigenvalue weighted by atomic mass is 16.5. The van der Waals surface area contributed by atoms with E-state index in [0.717, 1.165) is 57.7 Å². The Balaban J connectivity index is 1.50. The van der Waals surface area contributed by atoms with Crippen LogP contribution in [-0.4, -0.2) is 59.2 Å². The van der Waals surface area contributed by atoms with Gasteiger partial charge in [0.1, 0.15) is 11.3 Å². The predicted octanol–water partition coefficient (Wildman–Crippen LogP) is 2.20. The van der Waals surface area contributed by atoms with Gasteiger partial charge in [0.15, 0.2) is 0 Å². The Kier molecular flexibility index (Phi) is 5.57. The monoisotopic (exact) mass is 447 g/mol. The van der Waals surface area contributed by atoms with Gasteiger partial charge in [-0.1, -0.05) is 11.6 Å². The van der Waals surface area contributed by atoms with Crippen molar-refractivity contribution in [3.05, 3.63) is 73.9 Å². The molecule has 3 heterocycles. The van der Waals surface area contributed by atoms with E-state index in [4.69, 9.17) is 9.47 Å². The van der Waals surface area contributed by atoms with Gasteiger partial charge in [0.25, 0.3) is 0 Å². The topological polar surface area (TPSA) is 105 Å². The Morgan fingerprint density at radius 1 is 1.09 bits per heavy atom. The van der Waals surface area contributed by atoms with Gasteiger partial charge in [-0.25, -0.2) is 4.79 Å². The van der Waals surface area contributed by atoms with Crippen LogP contribution in [0.2, 0.25) is 0 Å². The van der Waals surface area contributed by atoms with Crippen LogP contribution in [0.3, 0.4) is 0 Å². The number of hydrogen-bond acceptors (Lipinski definition) is 6. The van der Waals surface area contributed by atoms with Crippen LogP contribution in [0, 0.1) is 6.92 Å². The van der Waals surface area contributed by atoms with E-state index in [2.05, 4.69) is 20.0 Å².